The minimum Gasteiger partial charge on any atom is -0.760 e. The zero-order chi connectivity index (χ0) is 18.4. The molecule has 1 aliphatic rings. The monoisotopic (exact) mass is 375 g/mol. The highest BCUT2D eigenvalue weighted by Gasteiger charge is 2.37. The lowest BCUT2D eigenvalue weighted by Gasteiger charge is -2.39. The van der Waals surface area contributed by atoms with Crippen molar-refractivity contribution in [2.24, 2.45) is 0 Å². The lowest BCUT2D eigenvalue weighted by molar-refractivity contribution is -0.134. The third-order valence-corrected chi connectivity index (χ3v) is 4.55. The molecule has 0 saturated carbocycles. The standard InChI is InChI=1S/C15H21FN2O6S/c16-12-7-11(2-1-10(12)8-17-25(22)23)15(3-5-24-6-4-15)18-14(21)13(20)9-19/h1-2,7,13,17,19-20H,3-6,8-9H2,(H,18,21)(H,22,23)/p-1. The van der Waals surface area contributed by atoms with Gasteiger partial charge < -0.3 is 24.8 Å². The van der Waals surface area contributed by atoms with Crippen LogP contribution in [0.1, 0.15) is 24.0 Å². The van der Waals surface area contributed by atoms with Gasteiger partial charge in [0.25, 0.3) is 5.91 Å². The number of aliphatic hydroxyl groups excluding tert-OH is 2. The van der Waals surface area contributed by atoms with Crippen LogP contribution in [0.25, 0.3) is 0 Å². The Morgan fingerprint density at radius 1 is 1.44 bits per heavy atom. The molecule has 1 aromatic carbocycles. The van der Waals surface area contributed by atoms with Crippen LogP contribution in [0.15, 0.2) is 18.2 Å². The van der Waals surface area contributed by atoms with Crippen molar-refractivity contribution in [3.63, 3.8) is 0 Å². The summed E-state index contributed by atoms with van der Waals surface area (Å²) in [5.74, 6) is -1.37. The highest BCUT2D eigenvalue weighted by molar-refractivity contribution is 7.77. The van der Waals surface area contributed by atoms with Gasteiger partial charge >= 0.3 is 0 Å². The van der Waals surface area contributed by atoms with E-state index in [0.29, 0.717) is 31.6 Å². The molecule has 10 heteroatoms. The van der Waals surface area contributed by atoms with Gasteiger partial charge in [-0.3, -0.25) is 9.00 Å². The largest absolute Gasteiger partial charge is 0.760 e. The Labute approximate surface area is 146 Å². The van der Waals surface area contributed by atoms with Crippen molar-refractivity contribution in [1.29, 1.82) is 0 Å². The van der Waals surface area contributed by atoms with Crippen molar-refractivity contribution < 1.29 is 32.9 Å². The Bertz CT molecular complexity index is 638. The molecule has 1 aliphatic heterocycles. The summed E-state index contributed by atoms with van der Waals surface area (Å²) in [6.07, 6.45) is -0.822. The first-order valence-corrected chi connectivity index (χ1v) is 8.76. The van der Waals surface area contributed by atoms with Gasteiger partial charge in [0.15, 0.2) is 6.10 Å². The van der Waals surface area contributed by atoms with E-state index in [-0.39, 0.29) is 12.1 Å². The van der Waals surface area contributed by atoms with E-state index in [2.05, 4.69) is 10.0 Å². The summed E-state index contributed by atoms with van der Waals surface area (Å²) in [5.41, 5.74) is -0.282. The summed E-state index contributed by atoms with van der Waals surface area (Å²) < 4.78 is 42.8. The second kappa shape index (κ2) is 8.79. The summed E-state index contributed by atoms with van der Waals surface area (Å²) >= 11 is -2.50. The zero-order valence-electron chi connectivity index (χ0n) is 13.4. The maximum absolute atomic E-state index is 14.3. The molecule has 140 valence electrons. The number of carbonyl (C=O) groups excluding carboxylic acids is 1. The molecule has 0 spiro atoms. The normalized spacial score (nSPS) is 19.2. The van der Waals surface area contributed by atoms with Crippen LogP contribution in [0.2, 0.25) is 0 Å². The maximum Gasteiger partial charge on any atom is 0.251 e. The number of hydrogen-bond acceptors (Lipinski definition) is 6. The van der Waals surface area contributed by atoms with Gasteiger partial charge in [0.1, 0.15) is 5.82 Å². The van der Waals surface area contributed by atoms with Crippen molar-refractivity contribution in [2.45, 2.75) is 31.0 Å². The van der Waals surface area contributed by atoms with E-state index in [1.165, 1.54) is 12.1 Å². The van der Waals surface area contributed by atoms with Crippen molar-refractivity contribution in [1.82, 2.24) is 10.0 Å². The van der Waals surface area contributed by atoms with Crippen molar-refractivity contribution in [3.8, 4) is 0 Å². The second-order valence-electron chi connectivity index (χ2n) is 5.74. The Kier molecular flexibility index (Phi) is 6.99. The molecule has 0 aliphatic carbocycles. The smallest absolute Gasteiger partial charge is 0.251 e. The van der Waals surface area contributed by atoms with Crippen LogP contribution in [-0.4, -0.2) is 50.8 Å². The van der Waals surface area contributed by atoms with E-state index in [0.717, 1.165) is 0 Å². The topological polar surface area (TPSA) is 131 Å². The number of rotatable bonds is 7. The zero-order valence-corrected chi connectivity index (χ0v) is 14.2. The fourth-order valence-electron chi connectivity index (χ4n) is 2.73. The molecule has 1 fully saturated rings. The second-order valence-corrected chi connectivity index (χ2v) is 6.50. The molecule has 2 rings (SSSR count). The summed E-state index contributed by atoms with van der Waals surface area (Å²) in [6, 6.07) is 4.28. The molecule has 0 aromatic heterocycles. The highest BCUT2D eigenvalue weighted by Crippen LogP contribution is 2.33. The minimum absolute atomic E-state index is 0.164. The van der Waals surface area contributed by atoms with Gasteiger partial charge in [-0.1, -0.05) is 12.1 Å². The van der Waals surface area contributed by atoms with Crippen molar-refractivity contribution in [2.75, 3.05) is 19.8 Å². The molecule has 25 heavy (non-hydrogen) atoms. The molecule has 8 nitrogen and oxygen atoms in total. The van der Waals surface area contributed by atoms with Gasteiger partial charge in [-0.15, -0.1) is 0 Å². The molecule has 2 unspecified atom stereocenters. The first-order valence-electron chi connectivity index (χ1n) is 7.68. The summed E-state index contributed by atoms with van der Waals surface area (Å²) in [6.45, 7) is -0.219. The predicted molar refractivity (Wildman–Crippen MR) is 85.1 cm³/mol. The Morgan fingerprint density at radius 3 is 2.68 bits per heavy atom. The fraction of sp³-hybridized carbons (Fsp3) is 0.533. The van der Waals surface area contributed by atoms with Crippen LogP contribution in [0.5, 0.6) is 0 Å². The van der Waals surface area contributed by atoms with Gasteiger partial charge in [0, 0.05) is 36.6 Å². The molecule has 0 bridgehead atoms. The van der Waals surface area contributed by atoms with Gasteiger partial charge in [-0.05, 0) is 24.5 Å². The van der Waals surface area contributed by atoms with E-state index in [1.54, 1.807) is 6.07 Å². The third kappa shape index (κ3) is 5.03. The van der Waals surface area contributed by atoms with E-state index >= 15 is 0 Å². The molecule has 2 atom stereocenters. The number of halogens is 1. The molecule has 1 heterocycles. The van der Waals surface area contributed by atoms with Crippen molar-refractivity contribution in [3.05, 3.63) is 35.1 Å². The molecule has 1 amide bonds. The first kappa shape index (κ1) is 19.9. The highest BCUT2D eigenvalue weighted by atomic mass is 32.2. The molecule has 0 radical (unpaired) electrons. The fourth-order valence-corrected chi connectivity index (χ4v) is 3.01. The molecule has 1 aromatic rings. The number of carbonyl (C=O) groups is 1. The third-order valence-electron chi connectivity index (χ3n) is 4.17. The lowest BCUT2D eigenvalue weighted by atomic mass is 9.82. The van der Waals surface area contributed by atoms with E-state index < -0.39 is 41.2 Å². The van der Waals surface area contributed by atoms with E-state index in [4.69, 9.17) is 9.84 Å². The Balaban J connectivity index is 2.27. The SMILES string of the molecule is O=C(NC1(c2ccc(CNS(=O)[O-])c(F)c2)CCOCC1)C(O)CO. The van der Waals surface area contributed by atoms with Crippen LogP contribution in [0.4, 0.5) is 4.39 Å². The van der Waals surface area contributed by atoms with E-state index in [1.807, 2.05) is 0 Å². The predicted octanol–water partition coefficient (Wildman–Crippen LogP) is -0.815. The first-order chi connectivity index (χ1) is 11.9. The lowest BCUT2D eigenvalue weighted by Crippen LogP contribution is -2.53. The van der Waals surface area contributed by atoms with Crippen molar-refractivity contribution >= 4 is 17.2 Å². The van der Waals surface area contributed by atoms with Gasteiger partial charge in [0.2, 0.25) is 0 Å². The van der Waals surface area contributed by atoms with Gasteiger partial charge in [-0.25, -0.2) is 9.11 Å². The minimum atomic E-state index is -2.50. The Hall–Kier alpha value is -1.43. The average Bonchev–Trinajstić information content (AvgIpc) is 2.60. The van der Waals surface area contributed by atoms with Crippen LogP contribution in [0, 0.1) is 5.82 Å². The Morgan fingerprint density at radius 2 is 2.12 bits per heavy atom. The molecule has 1 saturated heterocycles. The molecular formula is C15H20FN2O6S-. The van der Waals surface area contributed by atoms with Crippen LogP contribution < -0.4 is 10.0 Å². The number of amides is 1. The number of nitrogens with one attached hydrogen (secondary N) is 2. The summed E-state index contributed by atoms with van der Waals surface area (Å²) in [7, 11) is 0. The van der Waals surface area contributed by atoms with Gasteiger partial charge in [-0.2, -0.15) is 0 Å². The van der Waals surface area contributed by atoms with E-state index in [9.17, 15) is 23.1 Å². The molecular weight excluding hydrogens is 355 g/mol. The summed E-state index contributed by atoms with van der Waals surface area (Å²) in [5, 5.41) is 21.1. The quantitative estimate of drug-likeness (QED) is 0.461. The van der Waals surface area contributed by atoms with Crippen LogP contribution in [-0.2, 0) is 32.9 Å². The maximum atomic E-state index is 14.3. The van der Waals surface area contributed by atoms with Crippen LogP contribution in [0.3, 0.4) is 0 Å². The number of benzene rings is 1. The van der Waals surface area contributed by atoms with Crippen LogP contribution >= 0.6 is 0 Å². The average molecular weight is 375 g/mol. The number of ether oxygens (including phenoxy) is 1. The number of aliphatic hydroxyl groups is 2. The molecule has 4 N–H and O–H groups in total. The number of hydrogen-bond donors (Lipinski definition) is 4. The van der Waals surface area contributed by atoms with Gasteiger partial charge in [0.05, 0.1) is 12.1 Å². The summed E-state index contributed by atoms with van der Waals surface area (Å²) in [4.78, 5) is 12.0.